The van der Waals surface area contributed by atoms with Gasteiger partial charge < -0.3 is 20.4 Å². The van der Waals surface area contributed by atoms with Gasteiger partial charge in [0.2, 0.25) is 0 Å². The summed E-state index contributed by atoms with van der Waals surface area (Å²) in [5.74, 6) is -2.47. The van der Waals surface area contributed by atoms with Gasteiger partial charge in [-0.15, -0.1) is 0 Å². The minimum absolute atomic E-state index is 0. The fourth-order valence-corrected chi connectivity index (χ4v) is 3.19. The number of carboxylic acids is 2. The van der Waals surface area contributed by atoms with Crippen LogP contribution in [0.2, 0.25) is 0 Å². The maximum absolute atomic E-state index is 11.8. The largest absolute Gasteiger partial charge is 1.00 e. The minimum Gasteiger partial charge on any atom is -0.872 e. The molecule has 0 aliphatic rings. The number of hydrogen-bond acceptors (Lipinski definition) is 4. The third-order valence-electron chi connectivity index (χ3n) is 5.32. The molecule has 0 unspecified atom stereocenters. The van der Waals surface area contributed by atoms with Gasteiger partial charge in [0.1, 0.15) is 0 Å². The molecule has 0 radical (unpaired) electrons. The van der Waals surface area contributed by atoms with Crippen LogP contribution in [0, 0.1) is 0 Å². The van der Waals surface area contributed by atoms with Crippen LogP contribution < -0.4 is 69.3 Å². The Hall–Kier alpha value is -1.02. The van der Waals surface area contributed by atoms with Crippen molar-refractivity contribution in [3.63, 3.8) is 0 Å². The van der Waals surface area contributed by atoms with E-state index in [4.69, 9.17) is 10.2 Å². The van der Waals surface area contributed by atoms with Crippen LogP contribution in [0.15, 0.2) is 24.3 Å². The SMILES string of the molecule is CC(C)c1cc(C(=O)O)c([O-])c(C(C)C)c1.CC(C)c1cc(C(=O)O)c([O-])c(C(C)C)c1.[Na+].[Na+]. The van der Waals surface area contributed by atoms with Crippen molar-refractivity contribution in [3.8, 4) is 11.5 Å². The second-order valence-corrected chi connectivity index (χ2v) is 9.20. The molecule has 2 aromatic carbocycles. The molecule has 0 saturated carbocycles. The van der Waals surface area contributed by atoms with Crippen molar-refractivity contribution >= 4 is 11.9 Å². The smallest absolute Gasteiger partial charge is 0.872 e. The van der Waals surface area contributed by atoms with Gasteiger partial charge in [0.05, 0.1) is 11.1 Å². The van der Waals surface area contributed by atoms with Crippen LogP contribution in [0.5, 0.6) is 11.5 Å². The zero-order chi connectivity index (χ0) is 24.9. The summed E-state index contributed by atoms with van der Waals surface area (Å²) in [6.45, 7) is 15.5. The summed E-state index contributed by atoms with van der Waals surface area (Å²) in [4.78, 5) is 21.9. The summed E-state index contributed by atoms with van der Waals surface area (Å²) < 4.78 is 0. The van der Waals surface area contributed by atoms with Gasteiger partial charge >= 0.3 is 71.1 Å². The molecule has 0 heterocycles. The molecule has 2 rings (SSSR count). The van der Waals surface area contributed by atoms with E-state index in [0.29, 0.717) is 11.1 Å². The second-order valence-electron chi connectivity index (χ2n) is 9.20. The third kappa shape index (κ3) is 9.21. The molecule has 0 atom stereocenters. The van der Waals surface area contributed by atoms with Gasteiger partial charge in [-0.25, -0.2) is 9.59 Å². The number of benzene rings is 2. The Bertz CT molecular complexity index is 902. The van der Waals surface area contributed by atoms with Gasteiger partial charge in [-0.1, -0.05) is 90.1 Å². The van der Waals surface area contributed by atoms with E-state index in [1.807, 2.05) is 67.5 Å². The number of rotatable bonds is 6. The Labute approximate surface area is 247 Å². The van der Waals surface area contributed by atoms with Crippen molar-refractivity contribution in [2.75, 3.05) is 0 Å². The number of carbonyl (C=O) groups is 2. The van der Waals surface area contributed by atoms with E-state index in [2.05, 4.69) is 0 Å². The first-order valence-corrected chi connectivity index (χ1v) is 10.8. The molecule has 34 heavy (non-hydrogen) atoms. The van der Waals surface area contributed by atoms with Crippen LogP contribution in [-0.4, -0.2) is 22.2 Å². The molecule has 0 bridgehead atoms. The van der Waals surface area contributed by atoms with E-state index in [1.54, 1.807) is 0 Å². The maximum atomic E-state index is 11.8. The average Bonchev–Trinajstić information content (AvgIpc) is 2.67. The molecular formula is C26H34Na2O6. The number of aromatic carboxylic acids is 2. The van der Waals surface area contributed by atoms with Crippen LogP contribution in [0.3, 0.4) is 0 Å². The van der Waals surface area contributed by atoms with Crippen molar-refractivity contribution in [2.24, 2.45) is 0 Å². The predicted molar refractivity (Wildman–Crippen MR) is 122 cm³/mol. The zero-order valence-electron chi connectivity index (χ0n) is 22.1. The van der Waals surface area contributed by atoms with E-state index < -0.39 is 11.9 Å². The molecule has 2 N–H and O–H groups in total. The van der Waals surface area contributed by atoms with Crippen molar-refractivity contribution in [1.29, 1.82) is 0 Å². The summed E-state index contributed by atoms with van der Waals surface area (Å²) in [5, 5.41) is 41.6. The molecule has 8 heteroatoms. The Kier molecular flexibility index (Phi) is 15.7. The maximum Gasteiger partial charge on any atom is 1.00 e. The molecule has 0 saturated heterocycles. The molecule has 0 aliphatic heterocycles. The molecule has 0 aliphatic carbocycles. The quantitative estimate of drug-likeness (QED) is 0.525. The fraction of sp³-hybridized carbons (Fsp3) is 0.462. The summed E-state index contributed by atoms with van der Waals surface area (Å²) in [6, 6.07) is 6.62. The van der Waals surface area contributed by atoms with E-state index >= 15 is 0 Å². The van der Waals surface area contributed by atoms with Crippen LogP contribution >= 0.6 is 0 Å². The molecular weight excluding hydrogens is 454 g/mol. The standard InChI is InChI=1S/2C13H18O3.2Na/c2*1-7(2)9-5-10(8(3)4)12(14)11(6-9)13(15)16;;/h2*5-8,14H,1-4H3,(H,15,16);;/q;;2*+1/p-2. The second kappa shape index (κ2) is 15.2. The van der Waals surface area contributed by atoms with Gasteiger partial charge in [0.15, 0.2) is 0 Å². The van der Waals surface area contributed by atoms with E-state index in [-0.39, 0.29) is 105 Å². The van der Waals surface area contributed by atoms with Gasteiger partial charge in [0, 0.05) is 0 Å². The van der Waals surface area contributed by atoms with Crippen LogP contribution in [0.4, 0.5) is 0 Å². The van der Waals surface area contributed by atoms with Crippen molar-refractivity contribution in [1.82, 2.24) is 0 Å². The summed E-state index contributed by atoms with van der Waals surface area (Å²) in [7, 11) is 0. The Morgan fingerprint density at radius 2 is 0.853 bits per heavy atom. The van der Waals surface area contributed by atoms with Crippen molar-refractivity contribution in [3.05, 3.63) is 57.6 Å². The fourth-order valence-electron chi connectivity index (χ4n) is 3.19. The molecule has 0 aromatic heterocycles. The number of carboxylic acid groups (broad SMARTS) is 2. The minimum atomic E-state index is -1.14. The predicted octanol–water partition coefficient (Wildman–Crippen LogP) is -0.582. The van der Waals surface area contributed by atoms with Crippen LogP contribution in [0.25, 0.3) is 0 Å². The first kappa shape index (κ1) is 35.1. The van der Waals surface area contributed by atoms with Gasteiger partial charge in [-0.3, -0.25) is 0 Å². The van der Waals surface area contributed by atoms with Crippen molar-refractivity contribution in [2.45, 2.75) is 79.1 Å². The number of hydrogen-bond donors (Lipinski definition) is 2. The Balaban J connectivity index is 0. The summed E-state index contributed by atoms with van der Waals surface area (Å²) in [6.07, 6.45) is 0. The molecule has 2 aromatic rings. The van der Waals surface area contributed by atoms with Crippen LogP contribution in [0.1, 0.15) is 122 Å². The first-order valence-electron chi connectivity index (χ1n) is 10.8. The summed E-state index contributed by atoms with van der Waals surface area (Å²) in [5.41, 5.74) is 2.75. The third-order valence-corrected chi connectivity index (χ3v) is 5.32. The first-order chi connectivity index (χ1) is 14.7. The van der Waals surface area contributed by atoms with Gasteiger partial charge in [-0.05, 0) is 46.9 Å². The Morgan fingerprint density at radius 3 is 1.03 bits per heavy atom. The molecule has 0 fully saturated rings. The van der Waals surface area contributed by atoms with Crippen molar-refractivity contribution < 1.29 is 89.1 Å². The monoisotopic (exact) mass is 488 g/mol. The zero-order valence-corrected chi connectivity index (χ0v) is 26.1. The molecule has 176 valence electrons. The summed E-state index contributed by atoms with van der Waals surface area (Å²) >= 11 is 0. The van der Waals surface area contributed by atoms with Crippen LogP contribution in [-0.2, 0) is 0 Å². The van der Waals surface area contributed by atoms with E-state index in [0.717, 1.165) is 11.1 Å². The van der Waals surface area contributed by atoms with E-state index in [9.17, 15) is 19.8 Å². The van der Waals surface area contributed by atoms with Gasteiger partial charge in [0.25, 0.3) is 0 Å². The van der Waals surface area contributed by atoms with E-state index in [1.165, 1.54) is 12.1 Å². The molecule has 0 spiro atoms. The molecule has 6 nitrogen and oxygen atoms in total. The van der Waals surface area contributed by atoms with Gasteiger partial charge in [-0.2, -0.15) is 0 Å². The molecule has 0 amide bonds. The normalized spacial score (nSPS) is 10.5. The topological polar surface area (TPSA) is 121 Å². The average molecular weight is 489 g/mol. The Morgan fingerprint density at radius 1 is 0.588 bits per heavy atom.